The predicted molar refractivity (Wildman–Crippen MR) is 82.1 cm³/mol. The molecule has 22 heavy (non-hydrogen) atoms. The van der Waals surface area contributed by atoms with Crippen LogP contribution in [0, 0.1) is 11.8 Å². The van der Waals surface area contributed by atoms with Gasteiger partial charge in [-0.3, -0.25) is 9.69 Å². The standard InChI is InChI=1S/C17H23NO4/c1-13(2)16(17(19)20)7-8-18(11-14-5-3-9-21-14)12-15-6-4-10-22-15/h3-6,9-10,13,16H,7-8,11-12H2,1-2H3,(H,19,20). The minimum absolute atomic E-state index is 0.117. The van der Waals surface area contributed by atoms with Crippen LogP contribution in [0.15, 0.2) is 45.6 Å². The van der Waals surface area contributed by atoms with Gasteiger partial charge < -0.3 is 13.9 Å². The van der Waals surface area contributed by atoms with Gasteiger partial charge >= 0.3 is 5.97 Å². The van der Waals surface area contributed by atoms with Gasteiger partial charge in [-0.05, 0) is 43.1 Å². The lowest BCUT2D eigenvalue weighted by molar-refractivity contribution is -0.143. The van der Waals surface area contributed by atoms with Crippen molar-refractivity contribution in [3.63, 3.8) is 0 Å². The van der Waals surface area contributed by atoms with Crippen molar-refractivity contribution >= 4 is 5.97 Å². The number of rotatable bonds is 9. The molecule has 0 saturated heterocycles. The quantitative estimate of drug-likeness (QED) is 0.766. The van der Waals surface area contributed by atoms with Gasteiger partial charge in [0.05, 0.1) is 31.5 Å². The van der Waals surface area contributed by atoms with Crippen LogP contribution in [0.1, 0.15) is 31.8 Å². The molecule has 0 aliphatic carbocycles. The van der Waals surface area contributed by atoms with E-state index in [1.807, 2.05) is 38.1 Å². The van der Waals surface area contributed by atoms with Gasteiger partial charge in [0.25, 0.3) is 0 Å². The number of carboxylic acid groups (broad SMARTS) is 1. The summed E-state index contributed by atoms with van der Waals surface area (Å²) in [7, 11) is 0. The van der Waals surface area contributed by atoms with Crippen LogP contribution >= 0.6 is 0 Å². The summed E-state index contributed by atoms with van der Waals surface area (Å²) in [5.74, 6) is 0.777. The Labute approximate surface area is 130 Å². The van der Waals surface area contributed by atoms with E-state index in [-0.39, 0.29) is 11.8 Å². The molecular formula is C17H23NO4. The minimum Gasteiger partial charge on any atom is -0.481 e. The van der Waals surface area contributed by atoms with E-state index in [0.29, 0.717) is 26.1 Å². The predicted octanol–water partition coefficient (Wildman–Crippen LogP) is 3.62. The summed E-state index contributed by atoms with van der Waals surface area (Å²) in [6.45, 7) is 5.84. The Kier molecular flexibility index (Phi) is 5.83. The molecule has 0 aromatic carbocycles. The summed E-state index contributed by atoms with van der Waals surface area (Å²) in [6.07, 6.45) is 3.90. The average molecular weight is 305 g/mol. The van der Waals surface area contributed by atoms with Gasteiger partial charge in [-0.15, -0.1) is 0 Å². The molecule has 0 saturated carbocycles. The second-order valence-electron chi connectivity index (χ2n) is 5.85. The molecule has 1 atom stereocenters. The maximum absolute atomic E-state index is 11.3. The Hall–Kier alpha value is -2.01. The number of aliphatic carboxylic acids is 1. The fourth-order valence-electron chi connectivity index (χ4n) is 2.52. The van der Waals surface area contributed by atoms with E-state index in [1.54, 1.807) is 12.5 Å². The number of carboxylic acids is 1. The SMILES string of the molecule is CC(C)C(CCN(Cc1ccco1)Cc1ccco1)C(=O)O. The third kappa shape index (κ3) is 4.77. The molecule has 120 valence electrons. The molecule has 0 amide bonds. The third-order valence-electron chi connectivity index (χ3n) is 3.80. The molecule has 0 aliphatic rings. The first-order chi connectivity index (χ1) is 10.6. The molecule has 2 heterocycles. The van der Waals surface area contributed by atoms with Crippen molar-refractivity contribution in [2.24, 2.45) is 11.8 Å². The lowest BCUT2D eigenvalue weighted by Crippen LogP contribution is -2.29. The highest BCUT2D eigenvalue weighted by Gasteiger charge is 2.22. The summed E-state index contributed by atoms with van der Waals surface area (Å²) in [4.78, 5) is 13.5. The lowest BCUT2D eigenvalue weighted by atomic mass is 9.92. The van der Waals surface area contributed by atoms with Crippen LogP contribution in [0.5, 0.6) is 0 Å². The van der Waals surface area contributed by atoms with Gasteiger partial charge in [-0.2, -0.15) is 0 Å². The zero-order chi connectivity index (χ0) is 15.9. The van der Waals surface area contributed by atoms with Crippen molar-refractivity contribution in [3.8, 4) is 0 Å². The van der Waals surface area contributed by atoms with Crippen LogP contribution in [0.25, 0.3) is 0 Å². The normalized spacial score (nSPS) is 12.9. The first kappa shape index (κ1) is 16.4. The smallest absolute Gasteiger partial charge is 0.306 e. The first-order valence-electron chi connectivity index (χ1n) is 7.56. The Balaban J connectivity index is 1.98. The largest absolute Gasteiger partial charge is 0.481 e. The molecule has 5 heteroatoms. The zero-order valence-electron chi connectivity index (χ0n) is 13.1. The average Bonchev–Trinajstić information content (AvgIpc) is 3.11. The highest BCUT2D eigenvalue weighted by molar-refractivity contribution is 5.70. The summed E-state index contributed by atoms with van der Waals surface area (Å²) >= 11 is 0. The van der Waals surface area contributed by atoms with E-state index in [9.17, 15) is 9.90 Å². The number of carbonyl (C=O) groups is 1. The first-order valence-corrected chi connectivity index (χ1v) is 7.56. The van der Waals surface area contributed by atoms with Gasteiger partial charge in [-0.1, -0.05) is 13.8 Å². The molecule has 0 spiro atoms. The van der Waals surface area contributed by atoms with E-state index in [4.69, 9.17) is 8.83 Å². The maximum atomic E-state index is 11.3. The fourth-order valence-corrected chi connectivity index (χ4v) is 2.52. The summed E-state index contributed by atoms with van der Waals surface area (Å²) < 4.78 is 10.8. The Morgan fingerprint density at radius 3 is 2.05 bits per heavy atom. The van der Waals surface area contributed by atoms with Crippen LogP contribution in [0.2, 0.25) is 0 Å². The van der Waals surface area contributed by atoms with Crippen LogP contribution < -0.4 is 0 Å². The lowest BCUT2D eigenvalue weighted by Gasteiger charge is -2.23. The molecule has 2 rings (SSSR count). The Morgan fingerprint density at radius 1 is 1.14 bits per heavy atom. The van der Waals surface area contributed by atoms with Crippen molar-refractivity contribution in [2.45, 2.75) is 33.4 Å². The van der Waals surface area contributed by atoms with Crippen LogP contribution in [-0.4, -0.2) is 22.5 Å². The maximum Gasteiger partial charge on any atom is 0.306 e. The number of hydrogen-bond acceptors (Lipinski definition) is 4. The van der Waals surface area contributed by atoms with E-state index in [0.717, 1.165) is 11.5 Å². The number of furan rings is 2. The third-order valence-corrected chi connectivity index (χ3v) is 3.80. The molecule has 5 nitrogen and oxygen atoms in total. The van der Waals surface area contributed by atoms with Gasteiger partial charge in [0, 0.05) is 0 Å². The summed E-state index contributed by atoms with van der Waals surface area (Å²) in [5.41, 5.74) is 0. The number of nitrogens with zero attached hydrogens (tertiary/aromatic N) is 1. The molecular weight excluding hydrogens is 282 g/mol. The minimum atomic E-state index is -0.731. The molecule has 0 radical (unpaired) electrons. The highest BCUT2D eigenvalue weighted by atomic mass is 16.4. The Bertz CT molecular complexity index is 509. The highest BCUT2D eigenvalue weighted by Crippen LogP contribution is 2.18. The molecule has 0 aliphatic heterocycles. The van der Waals surface area contributed by atoms with Crippen molar-refractivity contribution < 1.29 is 18.7 Å². The van der Waals surface area contributed by atoms with Crippen LogP contribution in [-0.2, 0) is 17.9 Å². The molecule has 1 N–H and O–H groups in total. The van der Waals surface area contributed by atoms with Gasteiger partial charge in [0.1, 0.15) is 11.5 Å². The topological polar surface area (TPSA) is 66.8 Å². The monoisotopic (exact) mass is 305 g/mol. The van der Waals surface area contributed by atoms with Gasteiger partial charge in [0.15, 0.2) is 0 Å². The molecule has 0 fully saturated rings. The summed E-state index contributed by atoms with van der Waals surface area (Å²) in [5, 5.41) is 9.31. The van der Waals surface area contributed by atoms with E-state index >= 15 is 0 Å². The van der Waals surface area contributed by atoms with Gasteiger partial charge in [-0.25, -0.2) is 0 Å². The Morgan fingerprint density at radius 2 is 1.68 bits per heavy atom. The van der Waals surface area contributed by atoms with E-state index < -0.39 is 5.97 Å². The van der Waals surface area contributed by atoms with Crippen molar-refractivity contribution in [1.29, 1.82) is 0 Å². The fraction of sp³-hybridized carbons (Fsp3) is 0.471. The van der Waals surface area contributed by atoms with Crippen molar-refractivity contribution in [1.82, 2.24) is 4.90 Å². The van der Waals surface area contributed by atoms with Crippen LogP contribution in [0.4, 0.5) is 0 Å². The van der Waals surface area contributed by atoms with Crippen molar-refractivity contribution in [2.75, 3.05) is 6.54 Å². The molecule has 0 bridgehead atoms. The second kappa shape index (κ2) is 7.84. The summed E-state index contributed by atoms with van der Waals surface area (Å²) in [6, 6.07) is 7.56. The molecule has 2 aromatic heterocycles. The van der Waals surface area contributed by atoms with Crippen LogP contribution in [0.3, 0.4) is 0 Å². The molecule has 2 aromatic rings. The molecule has 1 unspecified atom stereocenters. The van der Waals surface area contributed by atoms with E-state index in [1.165, 1.54) is 0 Å². The van der Waals surface area contributed by atoms with E-state index in [2.05, 4.69) is 4.90 Å². The zero-order valence-corrected chi connectivity index (χ0v) is 13.1. The number of hydrogen-bond donors (Lipinski definition) is 1. The second-order valence-corrected chi connectivity index (χ2v) is 5.85. The van der Waals surface area contributed by atoms with Gasteiger partial charge in [0.2, 0.25) is 0 Å². The van der Waals surface area contributed by atoms with Crippen molar-refractivity contribution in [3.05, 3.63) is 48.3 Å².